The van der Waals surface area contributed by atoms with E-state index >= 15 is 0 Å². The van der Waals surface area contributed by atoms with Crippen molar-refractivity contribution in [1.29, 1.82) is 0 Å². The highest BCUT2D eigenvalue weighted by atomic mass is 14.9. The summed E-state index contributed by atoms with van der Waals surface area (Å²) in [6, 6.07) is 14.2. The van der Waals surface area contributed by atoms with Crippen LogP contribution in [0, 0.1) is 0 Å². The molecule has 1 aromatic heterocycles. The van der Waals surface area contributed by atoms with Gasteiger partial charge < -0.3 is 11.1 Å². The lowest BCUT2D eigenvalue weighted by Gasteiger charge is -2.14. The maximum atomic E-state index is 5.62. The first-order valence-electron chi connectivity index (χ1n) is 5.76. The van der Waals surface area contributed by atoms with Gasteiger partial charge in [-0.3, -0.25) is 0 Å². The van der Waals surface area contributed by atoms with Gasteiger partial charge in [0, 0.05) is 24.5 Å². The molecule has 2 aromatic rings. The molecule has 0 radical (unpaired) electrons. The van der Waals surface area contributed by atoms with E-state index in [1.165, 1.54) is 5.56 Å². The molecule has 0 aliphatic rings. The van der Waals surface area contributed by atoms with E-state index in [4.69, 9.17) is 5.73 Å². The van der Waals surface area contributed by atoms with E-state index < -0.39 is 0 Å². The second-order valence-corrected chi connectivity index (χ2v) is 4.16. The minimum Gasteiger partial charge on any atom is -0.384 e. The summed E-state index contributed by atoms with van der Waals surface area (Å²) in [4.78, 5) is 3.96. The molecule has 2 rings (SSSR count). The van der Waals surface area contributed by atoms with Crippen LogP contribution in [0.4, 0.5) is 11.5 Å². The van der Waals surface area contributed by atoms with Gasteiger partial charge in [0.2, 0.25) is 0 Å². The zero-order valence-electron chi connectivity index (χ0n) is 9.93. The number of nitrogen functional groups attached to an aromatic ring is 1. The van der Waals surface area contributed by atoms with E-state index in [0.29, 0.717) is 11.7 Å². The number of rotatable bonds is 4. The van der Waals surface area contributed by atoms with Crippen LogP contribution in [-0.4, -0.2) is 11.5 Å². The molecule has 1 heterocycles. The van der Waals surface area contributed by atoms with E-state index in [1.807, 2.05) is 18.2 Å². The summed E-state index contributed by atoms with van der Waals surface area (Å²) in [6.07, 6.45) is 1.71. The molecular weight excluding hydrogens is 210 g/mol. The van der Waals surface area contributed by atoms with E-state index in [-0.39, 0.29) is 0 Å². The van der Waals surface area contributed by atoms with E-state index in [2.05, 4.69) is 41.5 Å². The van der Waals surface area contributed by atoms with Crippen LogP contribution < -0.4 is 11.1 Å². The van der Waals surface area contributed by atoms with Crippen LogP contribution in [0.15, 0.2) is 48.7 Å². The SMILES string of the molecule is CC(CNc1ccnc(N)c1)c1ccccc1. The van der Waals surface area contributed by atoms with Gasteiger partial charge in [-0.15, -0.1) is 0 Å². The van der Waals surface area contributed by atoms with Crippen LogP contribution in [-0.2, 0) is 0 Å². The van der Waals surface area contributed by atoms with Crippen LogP contribution in [0.5, 0.6) is 0 Å². The predicted octanol–water partition coefficient (Wildman–Crippen LogP) is 2.88. The number of benzene rings is 1. The van der Waals surface area contributed by atoms with E-state index in [0.717, 1.165) is 12.2 Å². The fourth-order valence-corrected chi connectivity index (χ4v) is 1.73. The molecule has 1 atom stereocenters. The van der Waals surface area contributed by atoms with Gasteiger partial charge in [0.25, 0.3) is 0 Å². The number of hydrogen-bond acceptors (Lipinski definition) is 3. The van der Waals surface area contributed by atoms with Gasteiger partial charge in [-0.05, 0) is 17.5 Å². The fraction of sp³-hybridized carbons (Fsp3) is 0.214. The monoisotopic (exact) mass is 227 g/mol. The topological polar surface area (TPSA) is 50.9 Å². The van der Waals surface area contributed by atoms with Crippen molar-refractivity contribution >= 4 is 11.5 Å². The molecule has 3 heteroatoms. The Morgan fingerprint density at radius 1 is 1.24 bits per heavy atom. The molecule has 0 fully saturated rings. The smallest absolute Gasteiger partial charge is 0.125 e. The van der Waals surface area contributed by atoms with Crippen molar-refractivity contribution in [2.45, 2.75) is 12.8 Å². The second kappa shape index (κ2) is 5.34. The zero-order chi connectivity index (χ0) is 12.1. The molecule has 0 saturated heterocycles. The Morgan fingerprint density at radius 3 is 2.71 bits per heavy atom. The molecule has 0 spiro atoms. The zero-order valence-corrected chi connectivity index (χ0v) is 9.93. The lowest BCUT2D eigenvalue weighted by Crippen LogP contribution is -2.10. The first-order valence-corrected chi connectivity index (χ1v) is 5.76. The Hall–Kier alpha value is -2.03. The Bertz CT molecular complexity index is 468. The lowest BCUT2D eigenvalue weighted by molar-refractivity contribution is 0.805. The van der Waals surface area contributed by atoms with Crippen LogP contribution >= 0.6 is 0 Å². The Morgan fingerprint density at radius 2 is 2.00 bits per heavy atom. The van der Waals surface area contributed by atoms with Crippen LogP contribution in [0.3, 0.4) is 0 Å². The lowest BCUT2D eigenvalue weighted by atomic mass is 10.0. The summed E-state index contributed by atoms with van der Waals surface area (Å²) >= 11 is 0. The largest absolute Gasteiger partial charge is 0.384 e. The number of nitrogens with two attached hydrogens (primary N) is 1. The Kier molecular flexibility index (Phi) is 3.60. The maximum absolute atomic E-state index is 5.62. The van der Waals surface area contributed by atoms with Crippen molar-refractivity contribution in [3.8, 4) is 0 Å². The normalized spacial score (nSPS) is 12.1. The first-order chi connectivity index (χ1) is 8.25. The molecular formula is C14H17N3. The molecule has 0 aliphatic carbocycles. The van der Waals surface area contributed by atoms with Crippen molar-refractivity contribution < 1.29 is 0 Å². The number of aromatic nitrogens is 1. The summed E-state index contributed by atoms with van der Waals surface area (Å²) < 4.78 is 0. The molecule has 0 saturated carbocycles. The van der Waals surface area contributed by atoms with Crippen LogP contribution in [0.1, 0.15) is 18.4 Å². The highest BCUT2D eigenvalue weighted by Crippen LogP contribution is 2.16. The van der Waals surface area contributed by atoms with Gasteiger partial charge in [0.15, 0.2) is 0 Å². The third-order valence-corrected chi connectivity index (χ3v) is 2.76. The quantitative estimate of drug-likeness (QED) is 0.844. The van der Waals surface area contributed by atoms with E-state index in [1.54, 1.807) is 6.20 Å². The fourth-order valence-electron chi connectivity index (χ4n) is 1.73. The van der Waals surface area contributed by atoms with Gasteiger partial charge in [-0.2, -0.15) is 0 Å². The number of nitrogens with one attached hydrogen (secondary N) is 1. The molecule has 0 bridgehead atoms. The summed E-state index contributed by atoms with van der Waals surface area (Å²) in [6.45, 7) is 3.08. The van der Waals surface area contributed by atoms with Gasteiger partial charge in [0.05, 0.1) is 0 Å². The number of pyridine rings is 1. The number of anilines is 2. The van der Waals surface area contributed by atoms with Gasteiger partial charge >= 0.3 is 0 Å². The van der Waals surface area contributed by atoms with Crippen molar-refractivity contribution in [3.05, 3.63) is 54.2 Å². The molecule has 3 N–H and O–H groups in total. The molecule has 88 valence electrons. The second-order valence-electron chi connectivity index (χ2n) is 4.16. The third kappa shape index (κ3) is 3.21. The van der Waals surface area contributed by atoms with Crippen molar-refractivity contribution in [1.82, 2.24) is 4.98 Å². The summed E-state index contributed by atoms with van der Waals surface area (Å²) in [5.41, 5.74) is 7.97. The highest BCUT2D eigenvalue weighted by molar-refractivity contribution is 5.49. The van der Waals surface area contributed by atoms with E-state index in [9.17, 15) is 0 Å². The van der Waals surface area contributed by atoms with Crippen LogP contribution in [0.25, 0.3) is 0 Å². The molecule has 0 amide bonds. The van der Waals surface area contributed by atoms with Crippen molar-refractivity contribution in [3.63, 3.8) is 0 Å². The number of nitrogens with zero attached hydrogens (tertiary/aromatic N) is 1. The maximum Gasteiger partial charge on any atom is 0.125 e. The highest BCUT2D eigenvalue weighted by Gasteiger charge is 2.04. The molecule has 3 nitrogen and oxygen atoms in total. The first kappa shape index (κ1) is 11.5. The van der Waals surface area contributed by atoms with Gasteiger partial charge in [-0.1, -0.05) is 37.3 Å². The molecule has 1 unspecified atom stereocenters. The molecule has 17 heavy (non-hydrogen) atoms. The van der Waals surface area contributed by atoms with Crippen LogP contribution in [0.2, 0.25) is 0 Å². The predicted molar refractivity (Wildman–Crippen MR) is 72.0 cm³/mol. The third-order valence-electron chi connectivity index (χ3n) is 2.76. The minimum atomic E-state index is 0.464. The van der Waals surface area contributed by atoms with Crippen molar-refractivity contribution in [2.24, 2.45) is 0 Å². The summed E-state index contributed by atoms with van der Waals surface area (Å²) in [5, 5.41) is 3.36. The summed E-state index contributed by atoms with van der Waals surface area (Å²) in [5.74, 6) is 1.01. The van der Waals surface area contributed by atoms with Gasteiger partial charge in [-0.25, -0.2) is 4.98 Å². The van der Waals surface area contributed by atoms with Crippen molar-refractivity contribution in [2.75, 3.05) is 17.6 Å². The summed E-state index contributed by atoms with van der Waals surface area (Å²) in [7, 11) is 0. The number of hydrogen-bond donors (Lipinski definition) is 2. The minimum absolute atomic E-state index is 0.464. The molecule has 1 aromatic carbocycles. The Labute approximate surface area is 102 Å². The Balaban J connectivity index is 1.95. The van der Waals surface area contributed by atoms with Gasteiger partial charge in [0.1, 0.15) is 5.82 Å². The average Bonchev–Trinajstić information content (AvgIpc) is 2.37. The average molecular weight is 227 g/mol. The standard InChI is InChI=1S/C14H17N3/c1-11(12-5-3-2-4-6-12)10-17-13-7-8-16-14(15)9-13/h2-9,11H,10H2,1H3,(H3,15,16,17). The molecule has 0 aliphatic heterocycles.